The van der Waals surface area contributed by atoms with Crippen LogP contribution in [0.5, 0.6) is 0 Å². The first kappa shape index (κ1) is 10.7. The van der Waals surface area contributed by atoms with Crippen LogP contribution in [-0.2, 0) is 0 Å². The molecule has 11 heavy (non-hydrogen) atoms. The number of thiol groups is 1. The van der Waals surface area contributed by atoms with E-state index in [2.05, 4.69) is 28.2 Å². The van der Waals surface area contributed by atoms with Gasteiger partial charge >= 0.3 is 0 Å². The van der Waals surface area contributed by atoms with E-state index in [0.717, 1.165) is 0 Å². The van der Waals surface area contributed by atoms with Crippen LogP contribution in [0.15, 0.2) is 5.16 Å². The van der Waals surface area contributed by atoms with Gasteiger partial charge in [0.05, 0.1) is 6.04 Å². The van der Waals surface area contributed by atoms with E-state index in [-0.39, 0.29) is 18.4 Å². The van der Waals surface area contributed by atoms with Crippen molar-refractivity contribution in [2.45, 2.75) is 18.1 Å². The van der Waals surface area contributed by atoms with E-state index >= 15 is 0 Å². The zero-order chi connectivity index (χ0) is 7.56. The lowest BCUT2D eigenvalue weighted by Crippen LogP contribution is -2.17. The summed E-state index contributed by atoms with van der Waals surface area (Å²) in [7, 11) is 0. The largest absolute Gasteiger partial charge is 0.328 e. The molecular formula is C4H10ClN5S. The monoisotopic (exact) mass is 195 g/mol. The Morgan fingerprint density at radius 1 is 1.73 bits per heavy atom. The Morgan fingerprint density at radius 2 is 2.36 bits per heavy atom. The van der Waals surface area contributed by atoms with Gasteiger partial charge in [-0.2, -0.15) is 0 Å². The van der Waals surface area contributed by atoms with Crippen molar-refractivity contribution in [3.63, 3.8) is 0 Å². The van der Waals surface area contributed by atoms with Crippen LogP contribution in [0.4, 0.5) is 0 Å². The fourth-order valence-corrected chi connectivity index (χ4v) is 0.851. The van der Waals surface area contributed by atoms with Crippen molar-refractivity contribution in [1.29, 1.82) is 0 Å². The molecule has 2 N–H and O–H groups in total. The Hall–Kier alpha value is -0.330. The second kappa shape index (κ2) is 4.53. The highest BCUT2D eigenvalue weighted by Crippen LogP contribution is 2.05. The van der Waals surface area contributed by atoms with Gasteiger partial charge in [0.15, 0.2) is 0 Å². The van der Waals surface area contributed by atoms with Crippen molar-refractivity contribution >= 4 is 25.0 Å². The molecule has 1 atom stereocenters. The van der Waals surface area contributed by atoms with E-state index < -0.39 is 0 Å². The molecule has 0 radical (unpaired) electrons. The Morgan fingerprint density at radius 3 is 2.73 bits per heavy atom. The number of nitrogens with two attached hydrogens (primary N) is 1. The lowest BCUT2D eigenvalue weighted by Gasteiger charge is -2.06. The molecule has 1 aromatic heterocycles. The number of tetrazole rings is 1. The molecule has 0 amide bonds. The van der Waals surface area contributed by atoms with E-state index in [1.54, 1.807) is 4.68 Å². The molecule has 1 heterocycles. The molecule has 1 rings (SSSR count). The molecule has 0 fully saturated rings. The average molecular weight is 196 g/mol. The van der Waals surface area contributed by atoms with Crippen LogP contribution in [0, 0.1) is 0 Å². The highest BCUT2D eigenvalue weighted by Gasteiger charge is 2.06. The quantitative estimate of drug-likeness (QED) is 0.647. The summed E-state index contributed by atoms with van der Waals surface area (Å²) in [5, 5.41) is 11.2. The van der Waals surface area contributed by atoms with Crippen LogP contribution in [0.3, 0.4) is 0 Å². The maximum absolute atomic E-state index is 5.38. The Bertz CT molecular complexity index is 214. The molecule has 64 valence electrons. The average Bonchev–Trinajstić information content (AvgIpc) is 2.34. The molecule has 1 unspecified atom stereocenters. The van der Waals surface area contributed by atoms with E-state index in [9.17, 15) is 0 Å². The molecule has 0 saturated carbocycles. The van der Waals surface area contributed by atoms with Gasteiger partial charge in [-0.1, -0.05) is 0 Å². The summed E-state index contributed by atoms with van der Waals surface area (Å²) in [6.07, 6.45) is 0. The molecule has 0 aliphatic heterocycles. The van der Waals surface area contributed by atoms with Crippen LogP contribution in [-0.4, -0.2) is 26.8 Å². The first-order valence-corrected chi connectivity index (χ1v) is 3.37. The molecule has 0 aliphatic carbocycles. The number of halogens is 1. The minimum Gasteiger partial charge on any atom is -0.328 e. The highest BCUT2D eigenvalue weighted by molar-refractivity contribution is 7.80. The second-order valence-electron chi connectivity index (χ2n) is 2.01. The minimum atomic E-state index is 0. The smallest absolute Gasteiger partial charge is 0.206 e. The van der Waals surface area contributed by atoms with Crippen molar-refractivity contribution in [2.24, 2.45) is 5.73 Å². The van der Waals surface area contributed by atoms with Gasteiger partial charge in [0, 0.05) is 6.54 Å². The van der Waals surface area contributed by atoms with Crippen LogP contribution < -0.4 is 5.73 Å². The molecule has 0 bridgehead atoms. The Balaban J connectivity index is 0.000001000. The summed E-state index contributed by atoms with van der Waals surface area (Å²) in [6.45, 7) is 2.44. The zero-order valence-electron chi connectivity index (χ0n) is 6.01. The third-order valence-corrected chi connectivity index (χ3v) is 1.53. The normalized spacial score (nSPS) is 12.3. The van der Waals surface area contributed by atoms with Gasteiger partial charge in [0.2, 0.25) is 5.16 Å². The van der Waals surface area contributed by atoms with Gasteiger partial charge in [0.25, 0.3) is 0 Å². The van der Waals surface area contributed by atoms with Gasteiger partial charge in [0.1, 0.15) is 0 Å². The van der Waals surface area contributed by atoms with E-state index in [4.69, 9.17) is 5.73 Å². The third-order valence-electron chi connectivity index (χ3n) is 1.23. The molecule has 5 nitrogen and oxygen atoms in total. The van der Waals surface area contributed by atoms with Crippen molar-refractivity contribution in [3.8, 4) is 0 Å². The van der Waals surface area contributed by atoms with Crippen LogP contribution in [0.1, 0.15) is 13.0 Å². The summed E-state index contributed by atoms with van der Waals surface area (Å²) in [4.78, 5) is 0. The minimum absolute atomic E-state index is 0. The number of rotatable bonds is 2. The molecule has 0 spiro atoms. The molecule has 7 heteroatoms. The van der Waals surface area contributed by atoms with Crippen molar-refractivity contribution < 1.29 is 0 Å². The van der Waals surface area contributed by atoms with Gasteiger partial charge in [-0.15, -0.1) is 30.1 Å². The fraction of sp³-hybridized carbons (Fsp3) is 0.750. The summed E-state index contributed by atoms with van der Waals surface area (Å²) >= 11 is 4.01. The third kappa shape index (κ3) is 2.32. The topological polar surface area (TPSA) is 69.6 Å². The summed E-state index contributed by atoms with van der Waals surface area (Å²) in [5.41, 5.74) is 5.38. The van der Waals surface area contributed by atoms with Gasteiger partial charge in [-0.25, -0.2) is 4.68 Å². The van der Waals surface area contributed by atoms with Gasteiger partial charge < -0.3 is 5.73 Å². The molecule has 0 aromatic carbocycles. The lowest BCUT2D eigenvalue weighted by atomic mass is 10.4. The van der Waals surface area contributed by atoms with Crippen molar-refractivity contribution in [3.05, 3.63) is 0 Å². The SMILES string of the molecule is CC(CN)n1nnnc1S.Cl. The van der Waals surface area contributed by atoms with E-state index in [1.165, 1.54) is 0 Å². The maximum Gasteiger partial charge on any atom is 0.206 e. The van der Waals surface area contributed by atoms with Crippen molar-refractivity contribution in [1.82, 2.24) is 20.2 Å². The summed E-state index contributed by atoms with van der Waals surface area (Å²) in [5.74, 6) is 0. The summed E-state index contributed by atoms with van der Waals surface area (Å²) in [6, 6.07) is 0.113. The zero-order valence-corrected chi connectivity index (χ0v) is 7.72. The molecule has 0 saturated heterocycles. The van der Waals surface area contributed by atoms with E-state index in [0.29, 0.717) is 11.7 Å². The highest BCUT2D eigenvalue weighted by atomic mass is 35.5. The van der Waals surface area contributed by atoms with Gasteiger partial charge in [-0.05, 0) is 17.4 Å². The Labute approximate surface area is 76.2 Å². The van der Waals surface area contributed by atoms with Crippen molar-refractivity contribution in [2.75, 3.05) is 6.54 Å². The number of aromatic nitrogens is 4. The Kier molecular flexibility index (Phi) is 4.39. The summed E-state index contributed by atoms with van der Waals surface area (Å²) < 4.78 is 1.57. The predicted molar refractivity (Wildman–Crippen MR) is 46.1 cm³/mol. The lowest BCUT2D eigenvalue weighted by molar-refractivity contribution is 0.453. The number of nitrogens with zero attached hydrogens (tertiary/aromatic N) is 4. The molecular weight excluding hydrogens is 186 g/mol. The predicted octanol–water partition coefficient (Wildman–Crippen LogP) is -0.0967. The van der Waals surface area contributed by atoms with Crippen LogP contribution in [0.2, 0.25) is 0 Å². The number of hydrogen-bond donors (Lipinski definition) is 2. The van der Waals surface area contributed by atoms with Crippen LogP contribution >= 0.6 is 25.0 Å². The standard InChI is InChI=1S/C4H9N5S.ClH/c1-3(2-5)9-4(10)6-7-8-9;/h3H,2,5H2,1H3,(H,6,8,10);1H. The fourth-order valence-electron chi connectivity index (χ4n) is 0.574. The first-order chi connectivity index (χ1) is 4.75. The van der Waals surface area contributed by atoms with Gasteiger partial charge in [-0.3, -0.25) is 0 Å². The molecule has 0 aliphatic rings. The second-order valence-corrected chi connectivity index (χ2v) is 2.41. The number of hydrogen-bond acceptors (Lipinski definition) is 5. The first-order valence-electron chi connectivity index (χ1n) is 2.92. The molecule has 1 aromatic rings. The maximum atomic E-state index is 5.38. The van der Waals surface area contributed by atoms with E-state index in [1.807, 2.05) is 6.92 Å². The van der Waals surface area contributed by atoms with Crippen LogP contribution in [0.25, 0.3) is 0 Å².